The molecule has 1 fully saturated rings. The van der Waals surface area contributed by atoms with Crippen LogP contribution >= 0.6 is 0 Å². The van der Waals surface area contributed by atoms with Crippen molar-refractivity contribution in [3.63, 3.8) is 0 Å². The van der Waals surface area contributed by atoms with Crippen molar-refractivity contribution in [1.82, 2.24) is 0 Å². The van der Waals surface area contributed by atoms with E-state index in [-0.39, 0.29) is 5.97 Å². The molecule has 2 aromatic rings. The molecule has 162 valence electrons. The zero-order valence-corrected chi connectivity index (χ0v) is 18.6. The van der Waals surface area contributed by atoms with Gasteiger partial charge in [0.2, 0.25) is 0 Å². The summed E-state index contributed by atoms with van der Waals surface area (Å²) >= 11 is 0. The molecule has 1 aliphatic rings. The van der Waals surface area contributed by atoms with Crippen LogP contribution in [0.25, 0.3) is 0 Å². The average molecular weight is 409 g/mol. The number of aryl methyl sites for hydroxylation is 1. The Hall–Kier alpha value is -2.29. The summed E-state index contributed by atoms with van der Waals surface area (Å²) in [6.07, 6.45) is 11.7. The molecule has 0 aromatic heterocycles. The lowest BCUT2D eigenvalue weighted by molar-refractivity contribution is 0.0734. The summed E-state index contributed by atoms with van der Waals surface area (Å²) in [7, 11) is 0. The van der Waals surface area contributed by atoms with E-state index in [4.69, 9.17) is 9.47 Å². The second-order valence-corrected chi connectivity index (χ2v) is 8.58. The van der Waals surface area contributed by atoms with Crippen LogP contribution in [0.2, 0.25) is 0 Å². The fraction of sp³-hybridized carbons (Fsp3) is 0.519. The third-order valence-electron chi connectivity index (χ3n) is 6.32. The molecule has 0 saturated heterocycles. The lowest BCUT2D eigenvalue weighted by Crippen LogP contribution is -2.15. The number of carbonyl (C=O) groups is 1. The molecule has 0 N–H and O–H groups in total. The molecule has 0 spiro atoms. The maximum absolute atomic E-state index is 12.3. The van der Waals surface area contributed by atoms with E-state index in [0.29, 0.717) is 11.3 Å². The third-order valence-corrected chi connectivity index (χ3v) is 6.32. The van der Waals surface area contributed by atoms with E-state index in [1.54, 1.807) is 12.1 Å². The van der Waals surface area contributed by atoms with Gasteiger partial charge >= 0.3 is 5.97 Å². The van der Waals surface area contributed by atoms with E-state index < -0.39 is 0 Å². The Balaban J connectivity index is 1.36. The molecule has 1 aliphatic carbocycles. The topological polar surface area (TPSA) is 35.5 Å². The van der Waals surface area contributed by atoms with Gasteiger partial charge in [0.05, 0.1) is 12.2 Å². The maximum Gasteiger partial charge on any atom is 0.343 e. The monoisotopic (exact) mass is 408 g/mol. The third kappa shape index (κ3) is 6.90. The van der Waals surface area contributed by atoms with Gasteiger partial charge in [0.15, 0.2) is 0 Å². The van der Waals surface area contributed by atoms with Crippen molar-refractivity contribution < 1.29 is 14.3 Å². The summed E-state index contributed by atoms with van der Waals surface area (Å²) in [5.74, 6) is 2.89. The first-order valence-corrected chi connectivity index (χ1v) is 11.7. The Kier molecular flexibility index (Phi) is 8.80. The summed E-state index contributed by atoms with van der Waals surface area (Å²) in [6.45, 7) is 5.13. The lowest BCUT2D eigenvalue weighted by atomic mass is 9.78. The van der Waals surface area contributed by atoms with Crippen LogP contribution in [0.15, 0.2) is 48.5 Å². The molecular weight excluding hydrogens is 372 g/mol. The number of carbonyl (C=O) groups excluding carboxylic acids is 1. The molecule has 0 aliphatic heterocycles. The standard InChI is InChI=1S/C27H36O3/c1-3-6-22-8-10-23(11-9-22)7-5-20-29-25-18-14-24(15-19-25)27(28)30-26-16-12-21(4-2)13-17-26/h12-19,22-23H,3-11,20H2,1-2H3/t22-,23-. The predicted octanol–water partition coefficient (Wildman–Crippen LogP) is 7.23. The number of hydrogen-bond donors (Lipinski definition) is 0. The van der Waals surface area contributed by atoms with Crippen molar-refractivity contribution >= 4 is 5.97 Å². The molecule has 2 aromatic carbocycles. The van der Waals surface area contributed by atoms with E-state index in [0.717, 1.165) is 37.0 Å². The van der Waals surface area contributed by atoms with Gasteiger partial charge in [-0.25, -0.2) is 4.79 Å². The van der Waals surface area contributed by atoms with E-state index in [2.05, 4.69) is 13.8 Å². The van der Waals surface area contributed by atoms with Crippen LogP contribution in [0.1, 0.15) is 81.1 Å². The maximum atomic E-state index is 12.3. The van der Waals surface area contributed by atoms with Crippen molar-refractivity contribution in [2.75, 3.05) is 6.61 Å². The van der Waals surface area contributed by atoms with Gasteiger partial charge in [-0.05, 0) is 73.1 Å². The zero-order chi connectivity index (χ0) is 21.2. The highest BCUT2D eigenvalue weighted by molar-refractivity contribution is 5.91. The number of benzene rings is 2. The van der Waals surface area contributed by atoms with Crippen molar-refractivity contribution in [2.45, 2.75) is 71.6 Å². The molecule has 0 bridgehead atoms. The van der Waals surface area contributed by atoms with Crippen molar-refractivity contribution in [3.05, 3.63) is 59.7 Å². The summed E-state index contributed by atoms with van der Waals surface area (Å²) < 4.78 is 11.3. The van der Waals surface area contributed by atoms with Crippen LogP contribution < -0.4 is 9.47 Å². The van der Waals surface area contributed by atoms with Crippen LogP contribution in [-0.4, -0.2) is 12.6 Å². The van der Waals surface area contributed by atoms with Crippen LogP contribution in [0.4, 0.5) is 0 Å². The Morgan fingerprint density at radius 3 is 2.03 bits per heavy atom. The molecule has 30 heavy (non-hydrogen) atoms. The number of esters is 1. The minimum atomic E-state index is -0.343. The predicted molar refractivity (Wildman–Crippen MR) is 122 cm³/mol. The van der Waals surface area contributed by atoms with E-state index in [1.165, 1.54) is 50.5 Å². The van der Waals surface area contributed by atoms with Gasteiger partial charge in [-0.3, -0.25) is 0 Å². The summed E-state index contributed by atoms with van der Waals surface area (Å²) in [5.41, 5.74) is 1.76. The minimum Gasteiger partial charge on any atom is -0.494 e. The van der Waals surface area contributed by atoms with Gasteiger partial charge in [-0.2, -0.15) is 0 Å². The summed E-state index contributed by atoms with van der Waals surface area (Å²) in [4.78, 5) is 12.3. The van der Waals surface area contributed by atoms with Crippen LogP contribution in [0.5, 0.6) is 11.5 Å². The average Bonchev–Trinajstić information content (AvgIpc) is 2.79. The summed E-state index contributed by atoms with van der Waals surface area (Å²) in [5, 5.41) is 0. The number of ether oxygens (including phenoxy) is 2. The normalized spacial score (nSPS) is 18.7. The fourth-order valence-electron chi connectivity index (χ4n) is 4.43. The highest BCUT2D eigenvalue weighted by Crippen LogP contribution is 2.33. The number of rotatable bonds is 10. The first-order chi connectivity index (χ1) is 14.7. The molecule has 0 unspecified atom stereocenters. The molecule has 0 heterocycles. The van der Waals surface area contributed by atoms with Gasteiger partial charge in [0.1, 0.15) is 11.5 Å². The van der Waals surface area contributed by atoms with Gasteiger partial charge in [0.25, 0.3) is 0 Å². The zero-order valence-electron chi connectivity index (χ0n) is 18.6. The van der Waals surface area contributed by atoms with Gasteiger partial charge in [0, 0.05) is 0 Å². The fourth-order valence-corrected chi connectivity index (χ4v) is 4.43. The smallest absolute Gasteiger partial charge is 0.343 e. The Bertz CT molecular complexity index is 756. The Morgan fingerprint density at radius 2 is 1.43 bits per heavy atom. The van der Waals surface area contributed by atoms with E-state index in [9.17, 15) is 4.79 Å². The van der Waals surface area contributed by atoms with Crippen LogP contribution in [0, 0.1) is 11.8 Å². The first-order valence-electron chi connectivity index (χ1n) is 11.7. The Morgan fingerprint density at radius 1 is 0.833 bits per heavy atom. The molecular formula is C27H36O3. The second-order valence-electron chi connectivity index (χ2n) is 8.58. The second kappa shape index (κ2) is 11.8. The molecule has 3 rings (SSSR count). The van der Waals surface area contributed by atoms with Crippen molar-refractivity contribution in [3.8, 4) is 11.5 Å². The molecule has 0 radical (unpaired) electrons. The summed E-state index contributed by atoms with van der Waals surface area (Å²) in [6, 6.07) is 14.9. The minimum absolute atomic E-state index is 0.343. The van der Waals surface area contributed by atoms with Gasteiger partial charge < -0.3 is 9.47 Å². The largest absolute Gasteiger partial charge is 0.494 e. The van der Waals surface area contributed by atoms with Gasteiger partial charge in [-0.1, -0.05) is 64.5 Å². The molecule has 1 saturated carbocycles. The lowest BCUT2D eigenvalue weighted by Gasteiger charge is -2.28. The first kappa shape index (κ1) is 22.4. The highest BCUT2D eigenvalue weighted by Gasteiger charge is 2.20. The Labute approximate surface area is 181 Å². The molecule has 3 nitrogen and oxygen atoms in total. The molecule has 0 atom stereocenters. The SMILES string of the molecule is CCC[C@H]1CC[C@H](CCCOc2ccc(C(=O)Oc3ccc(CC)cc3)cc2)CC1. The number of hydrogen-bond acceptors (Lipinski definition) is 3. The quantitative estimate of drug-likeness (QED) is 0.236. The van der Waals surface area contributed by atoms with E-state index in [1.807, 2.05) is 36.4 Å². The van der Waals surface area contributed by atoms with Crippen LogP contribution in [-0.2, 0) is 6.42 Å². The van der Waals surface area contributed by atoms with Crippen molar-refractivity contribution in [1.29, 1.82) is 0 Å². The molecule has 0 amide bonds. The molecule has 3 heteroatoms. The highest BCUT2D eigenvalue weighted by atomic mass is 16.5. The van der Waals surface area contributed by atoms with Crippen molar-refractivity contribution in [2.24, 2.45) is 11.8 Å². The van der Waals surface area contributed by atoms with Gasteiger partial charge in [-0.15, -0.1) is 0 Å². The van der Waals surface area contributed by atoms with Crippen LogP contribution in [0.3, 0.4) is 0 Å². The van der Waals surface area contributed by atoms with E-state index >= 15 is 0 Å².